The molecule has 0 aliphatic carbocycles. The van der Waals surface area contributed by atoms with Crippen LogP contribution in [0.3, 0.4) is 0 Å². The lowest BCUT2D eigenvalue weighted by Crippen LogP contribution is -2.02. The smallest absolute Gasteiger partial charge is 0.0830 e. The van der Waals surface area contributed by atoms with Gasteiger partial charge in [-0.25, -0.2) is 0 Å². The second kappa shape index (κ2) is 6.85. The first-order valence-electron chi connectivity index (χ1n) is 6.19. The number of ether oxygens (including phenoxy) is 1. The topological polar surface area (TPSA) is 29.5 Å². The molecule has 1 atom stereocenters. The highest BCUT2D eigenvalue weighted by Crippen LogP contribution is 2.21. The summed E-state index contributed by atoms with van der Waals surface area (Å²) in [4.78, 5) is 0. The van der Waals surface area contributed by atoms with Gasteiger partial charge < -0.3 is 9.84 Å². The zero-order valence-corrected chi connectivity index (χ0v) is 12.4. The number of hydrogen-bond donors (Lipinski definition) is 1. The molecule has 0 heterocycles. The number of methoxy groups -OCH3 is 1. The lowest BCUT2D eigenvalue weighted by atomic mass is 10.0. The summed E-state index contributed by atoms with van der Waals surface area (Å²) in [6.07, 6.45) is 0.133. The molecule has 1 unspecified atom stereocenters. The zero-order chi connectivity index (χ0) is 13.7. The molecule has 0 amide bonds. The van der Waals surface area contributed by atoms with E-state index in [0.717, 1.165) is 21.2 Å². The van der Waals surface area contributed by atoms with Gasteiger partial charge in [0, 0.05) is 18.0 Å². The lowest BCUT2D eigenvalue weighted by Gasteiger charge is -2.12. The van der Waals surface area contributed by atoms with E-state index in [2.05, 4.69) is 15.9 Å². The first kappa shape index (κ1) is 14.3. The fraction of sp³-hybridized carbons (Fsp3) is 0.250. The quantitative estimate of drug-likeness (QED) is 0.906. The molecule has 0 fully saturated rings. The summed E-state index contributed by atoms with van der Waals surface area (Å²) in [6.45, 7) is 0.599. The minimum Gasteiger partial charge on any atom is -0.388 e. The van der Waals surface area contributed by atoms with Crippen molar-refractivity contribution >= 4 is 15.9 Å². The lowest BCUT2D eigenvalue weighted by molar-refractivity contribution is 0.177. The number of aliphatic hydroxyl groups is 1. The van der Waals surface area contributed by atoms with Crippen LogP contribution >= 0.6 is 15.9 Å². The van der Waals surface area contributed by atoms with Crippen molar-refractivity contribution in [1.29, 1.82) is 0 Å². The van der Waals surface area contributed by atoms with Gasteiger partial charge >= 0.3 is 0 Å². The van der Waals surface area contributed by atoms with E-state index in [4.69, 9.17) is 4.74 Å². The molecular weight excluding hydrogens is 304 g/mol. The highest BCUT2D eigenvalue weighted by Gasteiger charge is 2.08. The molecule has 0 aromatic heterocycles. The van der Waals surface area contributed by atoms with Crippen LogP contribution < -0.4 is 0 Å². The summed E-state index contributed by atoms with van der Waals surface area (Å²) >= 11 is 3.44. The third-order valence-corrected chi connectivity index (χ3v) is 3.49. The molecule has 0 spiro atoms. The number of rotatable bonds is 5. The molecule has 2 aromatic rings. The van der Waals surface area contributed by atoms with Gasteiger partial charge in [0.05, 0.1) is 12.7 Å². The molecule has 2 aromatic carbocycles. The molecule has 0 radical (unpaired) electrons. The summed E-state index contributed by atoms with van der Waals surface area (Å²) in [5, 5.41) is 10.2. The second-order valence-electron chi connectivity index (χ2n) is 4.52. The van der Waals surface area contributed by atoms with Crippen molar-refractivity contribution in [2.75, 3.05) is 7.11 Å². The van der Waals surface area contributed by atoms with Crippen LogP contribution in [-0.2, 0) is 17.8 Å². The van der Waals surface area contributed by atoms with Crippen LogP contribution in [0.1, 0.15) is 22.8 Å². The van der Waals surface area contributed by atoms with E-state index in [9.17, 15) is 5.11 Å². The van der Waals surface area contributed by atoms with Crippen molar-refractivity contribution in [3.05, 3.63) is 69.7 Å². The number of halogens is 1. The summed E-state index contributed by atoms with van der Waals surface area (Å²) in [5.41, 5.74) is 3.16. The molecule has 0 saturated heterocycles. The van der Waals surface area contributed by atoms with E-state index in [1.54, 1.807) is 7.11 Å². The SMILES string of the molecule is COCc1ccc(C(O)Cc2cccc(Br)c2)cc1. The molecule has 0 aliphatic heterocycles. The van der Waals surface area contributed by atoms with Crippen molar-refractivity contribution in [2.24, 2.45) is 0 Å². The van der Waals surface area contributed by atoms with Gasteiger partial charge in [0.15, 0.2) is 0 Å². The van der Waals surface area contributed by atoms with E-state index < -0.39 is 6.10 Å². The average Bonchev–Trinajstić information content (AvgIpc) is 2.40. The van der Waals surface area contributed by atoms with Gasteiger partial charge in [0.1, 0.15) is 0 Å². The monoisotopic (exact) mass is 320 g/mol. The Labute approximate surface area is 122 Å². The minimum absolute atomic E-state index is 0.481. The molecular formula is C16H17BrO2. The second-order valence-corrected chi connectivity index (χ2v) is 5.44. The van der Waals surface area contributed by atoms with E-state index in [1.807, 2.05) is 48.5 Å². The molecule has 0 bridgehead atoms. The Morgan fingerprint density at radius 1 is 1.11 bits per heavy atom. The standard InChI is InChI=1S/C16H17BrO2/c1-19-11-12-5-7-14(8-6-12)16(18)10-13-3-2-4-15(17)9-13/h2-9,16,18H,10-11H2,1H3. The molecule has 2 nitrogen and oxygen atoms in total. The van der Waals surface area contributed by atoms with E-state index >= 15 is 0 Å². The minimum atomic E-state index is -0.481. The Kier molecular flexibility index (Phi) is 5.14. The Morgan fingerprint density at radius 3 is 2.47 bits per heavy atom. The molecule has 1 N–H and O–H groups in total. The van der Waals surface area contributed by atoms with Gasteiger partial charge in [-0.3, -0.25) is 0 Å². The van der Waals surface area contributed by atoms with E-state index in [0.29, 0.717) is 13.0 Å². The largest absolute Gasteiger partial charge is 0.388 e. The van der Waals surface area contributed by atoms with Crippen LogP contribution in [0.25, 0.3) is 0 Å². The Hall–Kier alpha value is -1.16. The first-order chi connectivity index (χ1) is 9.19. The van der Waals surface area contributed by atoms with Crippen LogP contribution in [0.4, 0.5) is 0 Å². The number of benzene rings is 2. The van der Waals surface area contributed by atoms with Crippen molar-refractivity contribution in [3.63, 3.8) is 0 Å². The van der Waals surface area contributed by atoms with Gasteiger partial charge in [-0.2, -0.15) is 0 Å². The Morgan fingerprint density at radius 2 is 1.84 bits per heavy atom. The Balaban J connectivity index is 2.05. The maximum Gasteiger partial charge on any atom is 0.0830 e. The predicted octanol–water partition coefficient (Wildman–Crippen LogP) is 3.87. The summed E-state index contributed by atoms with van der Waals surface area (Å²) in [7, 11) is 1.68. The fourth-order valence-electron chi connectivity index (χ4n) is 2.01. The maximum absolute atomic E-state index is 10.2. The van der Waals surface area contributed by atoms with E-state index in [-0.39, 0.29) is 0 Å². The molecule has 19 heavy (non-hydrogen) atoms. The fourth-order valence-corrected chi connectivity index (χ4v) is 2.45. The van der Waals surface area contributed by atoms with Crippen molar-refractivity contribution in [1.82, 2.24) is 0 Å². The molecule has 100 valence electrons. The van der Waals surface area contributed by atoms with Crippen molar-refractivity contribution in [2.45, 2.75) is 19.1 Å². The maximum atomic E-state index is 10.2. The molecule has 0 saturated carbocycles. The van der Waals surface area contributed by atoms with Crippen LogP contribution in [0.15, 0.2) is 53.0 Å². The highest BCUT2D eigenvalue weighted by molar-refractivity contribution is 9.10. The summed E-state index contributed by atoms with van der Waals surface area (Å²) in [5.74, 6) is 0. The Bertz CT molecular complexity index is 523. The van der Waals surface area contributed by atoms with Gasteiger partial charge in [0.2, 0.25) is 0 Å². The molecule has 2 rings (SSSR count). The normalized spacial score (nSPS) is 12.4. The summed E-state index contributed by atoms with van der Waals surface area (Å²) in [6, 6.07) is 15.9. The third kappa shape index (κ3) is 4.16. The highest BCUT2D eigenvalue weighted by atomic mass is 79.9. The van der Waals surface area contributed by atoms with Crippen LogP contribution in [0.2, 0.25) is 0 Å². The molecule has 0 aliphatic rings. The molecule has 3 heteroatoms. The van der Waals surface area contributed by atoms with Crippen molar-refractivity contribution in [3.8, 4) is 0 Å². The van der Waals surface area contributed by atoms with Crippen LogP contribution in [0, 0.1) is 0 Å². The van der Waals surface area contributed by atoms with E-state index in [1.165, 1.54) is 0 Å². The van der Waals surface area contributed by atoms with Crippen LogP contribution in [-0.4, -0.2) is 12.2 Å². The number of hydrogen-bond acceptors (Lipinski definition) is 2. The van der Waals surface area contributed by atoms with Crippen molar-refractivity contribution < 1.29 is 9.84 Å². The number of aliphatic hydroxyl groups excluding tert-OH is 1. The van der Waals surface area contributed by atoms with Gasteiger partial charge in [-0.15, -0.1) is 0 Å². The zero-order valence-electron chi connectivity index (χ0n) is 10.8. The first-order valence-corrected chi connectivity index (χ1v) is 6.98. The van der Waals surface area contributed by atoms with Gasteiger partial charge in [-0.1, -0.05) is 52.3 Å². The van der Waals surface area contributed by atoms with Gasteiger partial charge in [0.25, 0.3) is 0 Å². The summed E-state index contributed by atoms with van der Waals surface area (Å²) < 4.78 is 6.10. The predicted molar refractivity (Wildman–Crippen MR) is 80.0 cm³/mol. The third-order valence-electron chi connectivity index (χ3n) is 2.99. The average molecular weight is 321 g/mol. The van der Waals surface area contributed by atoms with Gasteiger partial charge in [-0.05, 0) is 28.8 Å². The van der Waals surface area contributed by atoms with Crippen LogP contribution in [0.5, 0.6) is 0 Å².